The van der Waals surface area contributed by atoms with Gasteiger partial charge in [0.15, 0.2) is 5.78 Å². The van der Waals surface area contributed by atoms with Crippen LogP contribution in [0.15, 0.2) is 5.38 Å². The standard InChI is InChI=1S/C14H21NO2S/c1-14(2,3)11-8-18-12(15-11)7-10(16)13(17-4)9-5-6-9/h8-9,13H,5-7H2,1-4H3. The second kappa shape index (κ2) is 5.10. The number of thiazole rings is 1. The zero-order valence-electron chi connectivity index (χ0n) is 11.5. The maximum atomic E-state index is 12.1. The molecule has 0 aliphatic heterocycles. The van der Waals surface area contributed by atoms with Gasteiger partial charge < -0.3 is 4.74 Å². The smallest absolute Gasteiger partial charge is 0.168 e. The first-order chi connectivity index (χ1) is 8.41. The molecule has 2 rings (SSSR count). The van der Waals surface area contributed by atoms with Gasteiger partial charge in [0.2, 0.25) is 0 Å². The number of nitrogens with zero attached hydrogens (tertiary/aromatic N) is 1. The van der Waals surface area contributed by atoms with E-state index in [0.29, 0.717) is 12.3 Å². The second-order valence-electron chi connectivity index (χ2n) is 6.01. The summed E-state index contributed by atoms with van der Waals surface area (Å²) in [4.78, 5) is 16.7. The van der Waals surface area contributed by atoms with Gasteiger partial charge >= 0.3 is 0 Å². The molecule has 4 heteroatoms. The van der Waals surface area contributed by atoms with Gasteiger partial charge in [-0.2, -0.15) is 0 Å². The minimum Gasteiger partial charge on any atom is -0.373 e. The largest absolute Gasteiger partial charge is 0.373 e. The molecular formula is C14H21NO2S. The van der Waals surface area contributed by atoms with Gasteiger partial charge in [-0.3, -0.25) is 4.79 Å². The Hall–Kier alpha value is -0.740. The molecule has 0 aromatic carbocycles. The molecule has 18 heavy (non-hydrogen) atoms. The summed E-state index contributed by atoms with van der Waals surface area (Å²) in [6, 6.07) is 0. The number of ketones is 1. The van der Waals surface area contributed by atoms with E-state index in [1.165, 1.54) is 0 Å². The second-order valence-corrected chi connectivity index (χ2v) is 6.96. The summed E-state index contributed by atoms with van der Waals surface area (Å²) in [6.07, 6.45) is 2.44. The van der Waals surface area contributed by atoms with Crippen LogP contribution in [0.25, 0.3) is 0 Å². The molecule has 0 radical (unpaired) electrons. The van der Waals surface area contributed by atoms with Gasteiger partial charge in [0, 0.05) is 17.9 Å². The summed E-state index contributed by atoms with van der Waals surface area (Å²) in [5.41, 5.74) is 1.12. The Bertz CT molecular complexity index is 429. The summed E-state index contributed by atoms with van der Waals surface area (Å²) < 4.78 is 5.31. The van der Waals surface area contributed by atoms with Gasteiger partial charge in [-0.05, 0) is 18.8 Å². The highest BCUT2D eigenvalue weighted by molar-refractivity contribution is 7.09. The minimum absolute atomic E-state index is 0.0505. The average Bonchev–Trinajstić information content (AvgIpc) is 2.97. The number of carbonyl (C=O) groups excluding carboxylic acids is 1. The van der Waals surface area contributed by atoms with Crippen LogP contribution >= 0.6 is 11.3 Å². The van der Waals surface area contributed by atoms with Crippen molar-refractivity contribution in [1.29, 1.82) is 0 Å². The summed E-state index contributed by atoms with van der Waals surface area (Å²) in [5, 5.41) is 2.97. The molecule has 1 atom stereocenters. The van der Waals surface area contributed by atoms with Gasteiger partial charge in [-0.15, -0.1) is 11.3 Å². The molecule has 1 aliphatic rings. The monoisotopic (exact) mass is 267 g/mol. The molecule has 0 bridgehead atoms. The molecule has 100 valence electrons. The van der Waals surface area contributed by atoms with Crippen LogP contribution in [0, 0.1) is 5.92 Å². The Balaban J connectivity index is 2.00. The number of ether oxygens (including phenoxy) is 1. The number of aromatic nitrogens is 1. The van der Waals surface area contributed by atoms with E-state index in [1.54, 1.807) is 18.4 Å². The van der Waals surface area contributed by atoms with Crippen LogP contribution < -0.4 is 0 Å². The SMILES string of the molecule is COC(C(=O)Cc1nc(C(C)(C)C)cs1)C1CC1. The van der Waals surface area contributed by atoms with Crippen LogP contribution in [0.5, 0.6) is 0 Å². The summed E-state index contributed by atoms with van der Waals surface area (Å²) in [5.74, 6) is 0.624. The third-order valence-electron chi connectivity index (χ3n) is 3.27. The van der Waals surface area contributed by atoms with E-state index in [0.717, 1.165) is 23.5 Å². The first-order valence-corrected chi connectivity index (χ1v) is 7.30. The highest BCUT2D eigenvalue weighted by Crippen LogP contribution is 2.35. The lowest BCUT2D eigenvalue weighted by Crippen LogP contribution is -2.26. The maximum Gasteiger partial charge on any atom is 0.168 e. The predicted octanol–water partition coefficient (Wildman–Crippen LogP) is 2.98. The average molecular weight is 267 g/mol. The molecule has 3 nitrogen and oxygen atoms in total. The normalized spacial score (nSPS) is 17.8. The molecular weight excluding hydrogens is 246 g/mol. The van der Waals surface area contributed by atoms with E-state index in [1.807, 2.05) is 0 Å². The lowest BCUT2D eigenvalue weighted by molar-refractivity contribution is -0.129. The fraction of sp³-hybridized carbons (Fsp3) is 0.714. The van der Waals surface area contributed by atoms with Crippen molar-refractivity contribution >= 4 is 17.1 Å². The molecule has 1 heterocycles. The fourth-order valence-corrected chi connectivity index (χ4v) is 3.00. The zero-order valence-corrected chi connectivity index (χ0v) is 12.3. The molecule has 0 N–H and O–H groups in total. The van der Waals surface area contributed by atoms with Crippen LogP contribution in [0.3, 0.4) is 0 Å². The van der Waals surface area contributed by atoms with E-state index in [9.17, 15) is 4.79 Å². The van der Waals surface area contributed by atoms with Gasteiger partial charge in [-0.1, -0.05) is 20.8 Å². The van der Waals surface area contributed by atoms with Crippen LogP contribution in [0.4, 0.5) is 0 Å². The number of methoxy groups -OCH3 is 1. The van der Waals surface area contributed by atoms with Crippen molar-refractivity contribution < 1.29 is 9.53 Å². The Morgan fingerprint density at radius 2 is 2.22 bits per heavy atom. The van der Waals surface area contributed by atoms with E-state index >= 15 is 0 Å². The van der Waals surface area contributed by atoms with Crippen LogP contribution in [-0.2, 0) is 21.4 Å². The van der Waals surface area contributed by atoms with Crippen LogP contribution in [-0.4, -0.2) is 24.0 Å². The zero-order chi connectivity index (χ0) is 13.3. The quantitative estimate of drug-likeness (QED) is 0.823. The van der Waals surface area contributed by atoms with Crippen LogP contribution in [0.1, 0.15) is 44.3 Å². The maximum absolute atomic E-state index is 12.1. The molecule has 0 saturated heterocycles. The van der Waals surface area contributed by atoms with E-state index in [4.69, 9.17) is 4.74 Å². The third-order valence-corrected chi connectivity index (χ3v) is 4.12. The predicted molar refractivity (Wildman–Crippen MR) is 73.0 cm³/mol. The number of hydrogen-bond acceptors (Lipinski definition) is 4. The molecule has 1 fully saturated rings. The summed E-state index contributed by atoms with van der Waals surface area (Å²) >= 11 is 1.58. The van der Waals surface area contributed by atoms with E-state index < -0.39 is 0 Å². The number of hydrogen-bond donors (Lipinski definition) is 0. The molecule has 1 aliphatic carbocycles. The minimum atomic E-state index is -0.216. The van der Waals surface area contributed by atoms with Crippen molar-refractivity contribution in [2.45, 2.75) is 51.6 Å². The number of rotatable bonds is 5. The third kappa shape index (κ3) is 3.18. The molecule has 0 amide bonds. The fourth-order valence-electron chi connectivity index (χ4n) is 1.97. The van der Waals surface area contributed by atoms with Crippen molar-refractivity contribution in [2.24, 2.45) is 5.92 Å². The first kappa shape index (κ1) is 13.7. The van der Waals surface area contributed by atoms with E-state index in [-0.39, 0.29) is 17.3 Å². The Morgan fingerprint density at radius 3 is 2.67 bits per heavy atom. The molecule has 1 unspecified atom stereocenters. The van der Waals surface area contributed by atoms with Gasteiger partial charge in [-0.25, -0.2) is 4.98 Å². The number of Topliss-reactive ketones (excluding diaryl/α,β-unsaturated/α-hetero) is 1. The van der Waals surface area contributed by atoms with Crippen molar-refractivity contribution in [3.63, 3.8) is 0 Å². The molecule has 1 aromatic rings. The topological polar surface area (TPSA) is 39.2 Å². The summed E-state index contributed by atoms with van der Waals surface area (Å²) in [6.45, 7) is 6.40. The van der Waals surface area contributed by atoms with Crippen LogP contribution in [0.2, 0.25) is 0 Å². The van der Waals surface area contributed by atoms with Gasteiger partial charge in [0.05, 0.1) is 12.1 Å². The van der Waals surface area contributed by atoms with E-state index in [2.05, 4.69) is 31.1 Å². The number of carbonyl (C=O) groups is 1. The van der Waals surface area contributed by atoms with Crippen molar-refractivity contribution in [2.75, 3.05) is 7.11 Å². The lowest BCUT2D eigenvalue weighted by Gasteiger charge is -2.14. The molecule has 1 saturated carbocycles. The summed E-state index contributed by atoms with van der Waals surface area (Å²) in [7, 11) is 1.63. The van der Waals surface area contributed by atoms with Gasteiger partial charge in [0.25, 0.3) is 0 Å². The molecule has 1 aromatic heterocycles. The lowest BCUT2D eigenvalue weighted by atomic mass is 9.93. The Kier molecular flexibility index (Phi) is 3.87. The Morgan fingerprint density at radius 1 is 1.56 bits per heavy atom. The van der Waals surface area contributed by atoms with Crippen molar-refractivity contribution in [1.82, 2.24) is 4.98 Å². The van der Waals surface area contributed by atoms with Gasteiger partial charge in [0.1, 0.15) is 11.1 Å². The van der Waals surface area contributed by atoms with Crippen molar-refractivity contribution in [3.8, 4) is 0 Å². The molecule has 0 spiro atoms. The Labute approximate surface area is 113 Å². The van der Waals surface area contributed by atoms with Crippen molar-refractivity contribution in [3.05, 3.63) is 16.1 Å². The first-order valence-electron chi connectivity index (χ1n) is 6.42. The highest BCUT2D eigenvalue weighted by Gasteiger charge is 2.36. The highest BCUT2D eigenvalue weighted by atomic mass is 32.1.